The second-order valence-electron chi connectivity index (χ2n) is 3.36. The zero-order chi connectivity index (χ0) is 9.68. The first-order valence-corrected chi connectivity index (χ1v) is 5.57. The highest BCUT2D eigenvalue weighted by Crippen LogP contribution is 2.18. The van der Waals surface area contributed by atoms with E-state index in [-0.39, 0.29) is 0 Å². The van der Waals surface area contributed by atoms with Gasteiger partial charge in [0, 0.05) is 5.75 Å². The van der Waals surface area contributed by atoms with E-state index >= 15 is 0 Å². The van der Waals surface area contributed by atoms with Crippen molar-refractivity contribution in [2.24, 2.45) is 0 Å². The van der Waals surface area contributed by atoms with Crippen molar-refractivity contribution >= 4 is 11.8 Å². The smallest absolute Gasteiger partial charge is 0.0526 e. The van der Waals surface area contributed by atoms with E-state index in [0.717, 1.165) is 5.75 Å². The van der Waals surface area contributed by atoms with Gasteiger partial charge in [0.15, 0.2) is 0 Å². The fourth-order valence-electron chi connectivity index (χ4n) is 0.940. The van der Waals surface area contributed by atoms with Crippen LogP contribution in [0.3, 0.4) is 0 Å². The topological polar surface area (TPSA) is 3.24 Å². The van der Waals surface area contributed by atoms with Crippen LogP contribution >= 0.6 is 11.8 Å². The quantitative estimate of drug-likeness (QED) is 0.680. The molecule has 0 aromatic heterocycles. The van der Waals surface area contributed by atoms with Crippen LogP contribution in [0.1, 0.15) is 12.5 Å². The Morgan fingerprint density at radius 3 is 2.38 bits per heavy atom. The first-order valence-electron chi connectivity index (χ1n) is 4.52. The minimum Gasteiger partial charge on any atom is -0.298 e. The van der Waals surface area contributed by atoms with Crippen LogP contribution in [0.4, 0.5) is 0 Å². The van der Waals surface area contributed by atoms with Crippen LogP contribution in [0, 0.1) is 0 Å². The van der Waals surface area contributed by atoms with E-state index in [9.17, 15) is 0 Å². The van der Waals surface area contributed by atoms with E-state index in [1.165, 1.54) is 5.56 Å². The highest BCUT2D eigenvalue weighted by atomic mass is 32.2. The molecular weight excluding hydrogens is 178 g/mol. The fraction of sp³-hybridized carbons (Fsp3) is 0.455. The van der Waals surface area contributed by atoms with E-state index in [4.69, 9.17) is 0 Å². The molecule has 0 aliphatic carbocycles. The highest BCUT2D eigenvalue weighted by Gasteiger charge is 2.03. The average molecular weight is 195 g/mol. The predicted molar refractivity (Wildman–Crippen MR) is 60.9 cm³/mol. The summed E-state index contributed by atoms with van der Waals surface area (Å²) in [6, 6.07) is 10.6. The summed E-state index contributed by atoms with van der Waals surface area (Å²) < 4.78 is 0. The van der Waals surface area contributed by atoms with Crippen molar-refractivity contribution in [3.63, 3.8) is 0 Å². The SMILES string of the molecule is CC(SCc1ccccc1)N(C)C. The van der Waals surface area contributed by atoms with Gasteiger partial charge in [-0.3, -0.25) is 4.90 Å². The summed E-state index contributed by atoms with van der Waals surface area (Å²) in [4.78, 5) is 2.23. The lowest BCUT2D eigenvalue weighted by Gasteiger charge is -2.18. The molecule has 1 rings (SSSR count). The third-order valence-electron chi connectivity index (χ3n) is 2.06. The van der Waals surface area contributed by atoms with Gasteiger partial charge in [0.2, 0.25) is 0 Å². The third-order valence-corrected chi connectivity index (χ3v) is 3.47. The van der Waals surface area contributed by atoms with Gasteiger partial charge >= 0.3 is 0 Å². The van der Waals surface area contributed by atoms with Crippen LogP contribution in [0.15, 0.2) is 30.3 Å². The molecule has 1 atom stereocenters. The molecule has 0 saturated heterocycles. The lowest BCUT2D eigenvalue weighted by molar-refractivity contribution is 0.402. The number of nitrogens with zero attached hydrogens (tertiary/aromatic N) is 1. The summed E-state index contributed by atoms with van der Waals surface area (Å²) >= 11 is 1.96. The number of rotatable bonds is 4. The van der Waals surface area contributed by atoms with Crippen molar-refractivity contribution < 1.29 is 0 Å². The van der Waals surface area contributed by atoms with Crippen molar-refractivity contribution in [1.82, 2.24) is 4.90 Å². The van der Waals surface area contributed by atoms with Crippen LogP contribution in [0.25, 0.3) is 0 Å². The Kier molecular flexibility index (Phi) is 4.33. The largest absolute Gasteiger partial charge is 0.298 e. The molecule has 1 aromatic rings. The van der Waals surface area contributed by atoms with Gasteiger partial charge in [-0.1, -0.05) is 30.3 Å². The van der Waals surface area contributed by atoms with E-state index < -0.39 is 0 Å². The van der Waals surface area contributed by atoms with Crippen molar-refractivity contribution in [1.29, 1.82) is 0 Å². The van der Waals surface area contributed by atoms with Crippen molar-refractivity contribution in [3.8, 4) is 0 Å². The highest BCUT2D eigenvalue weighted by molar-refractivity contribution is 7.99. The standard InChI is InChI=1S/C11H17NS/c1-10(12(2)3)13-9-11-7-5-4-6-8-11/h4-8,10H,9H2,1-3H3. The second kappa shape index (κ2) is 5.30. The minimum atomic E-state index is 0.584. The van der Waals surface area contributed by atoms with E-state index in [1.54, 1.807) is 0 Å². The van der Waals surface area contributed by atoms with Gasteiger partial charge in [-0.2, -0.15) is 0 Å². The predicted octanol–water partition coefficient (Wildman–Crippen LogP) is 2.83. The zero-order valence-electron chi connectivity index (χ0n) is 8.53. The van der Waals surface area contributed by atoms with Crippen molar-refractivity contribution in [2.45, 2.75) is 18.1 Å². The number of hydrogen-bond acceptors (Lipinski definition) is 2. The summed E-state index contributed by atoms with van der Waals surface area (Å²) in [7, 11) is 4.23. The molecule has 1 nitrogen and oxygen atoms in total. The van der Waals surface area contributed by atoms with Gasteiger partial charge in [0.25, 0.3) is 0 Å². The Labute approximate surface area is 85.1 Å². The van der Waals surface area contributed by atoms with E-state index in [1.807, 2.05) is 11.8 Å². The van der Waals surface area contributed by atoms with Crippen LogP contribution < -0.4 is 0 Å². The van der Waals surface area contributed by atoms with Crippen molar-refractivity contribution in [2.75, 3.05) is 14.1 Å². The van der Waals surface area contributed by atoms with Gasteiger partial charge in [-0.25, -0.2) is 0 Å². The maximum absolute atomic E-state index is 2.23. The summed E-state index contributed by atoms with van der Waals surface area (Å²) in [6.45, 7) is 2.23. The Balaban J connectivity index is 2.35. The Morgan fingerprint density at radius 1 is 1.23 bits per heavy atom. The van der Waals surface area contributed by atoms with Crippen LogP contribution in [-0.4, -0.2) is 24.4 Å². The molecule has 0 amide bonds. The normalized spacial score (nSPS) is 13.2. The molecular formula is C11H17NS. The molecule has 0 radical (unpaired) electrons. The van der Waals surface area contributed by atoms with Crippen LogP contribution in [0.2, 0.25) is 0 Å². The molecule has 1 unspecified atom stereocenters. The second-order valence-corrected chi connectivity index (χ2v) is 4.66. The molecule has 0 fully saturated rings. The maximum Gasteiger partial charge on any atom is 0.0526 e. The molecule has 0 spiro atoms. The summed E-state index contributed by atoms with van der Waals surface area (Å²) in [5.74, 6) is 1.10. The molecule has 2 heteroatoms. The Hall–Kier alpha value is -0.470. The fourth-order valence-corrected chi connectivity index (χ4v) is 1.86. The Morgan fingerprint density at radius 2 is 1.85 bits per heavy atom. The van der Waals surface area contributed by atoms with Gasteiger partial charge in [0.1, 0.15) is 0 Å². The maximum atomic E-state index is 2.23. The van der Waals surface area contributed by atoms with Gasteiger partial charge in [-0.05, 0) is 26.6 Å². The first-order chi connectivity index (χ1) is 6.20. The summed E-state index contributed by atoms with van der Waals surface area (Å²) in [6.07, 6.45) is 0. The van der Waals surface area contributed by atoms with Crippen LogP contribution in [0.5, 0.6) is 0 Å². The van der Waals surface area contributed by atoms with Gasteiger partial charge in [0.05, 0.1) is 5.37 Å². The van der Waals surface area contributed by atoms with Crippen molar-refractivity contribution in [3.05, 3.63) is 35.9 Å². The molecule has 13 heavy (non-hydrogen) atoms. The van der Waals surface area contributed by atoms with Gasteiger partial charge < -0.3 is 0 Å². The number of hydrogen-bond donors (Lipinski definition) is 0. The molecule has 0 aliphatic rings. The molecule has 1 aromatic carbocycles. The third kappa shape index (κ3) is 3.83. The zero-order valence-corrected chi connectivity index (χ0v) is 9.34. The lowest BCUT2D eigenvalue weighted by atomic mass is 10.2. The Bertz CT molecular complexity index is 233. The number of thioether (sulfide) groups is 1. The molecule has 0 saturated carbocycles. The molecule has 72 valence electrons. The monoisotopic (exact) mass is 195 g/mol. The minimum absolute atomic E-state index is 0.584. The van der Waals surface area contributed by atoms with Crippen LogP contribution in [-0.2, 0) is 5.75 Å². The summed E-state index contributed by atoms with van der Waals surface area (Å²) in [5, 5.41) is 0.584. The molecule has 0 N–H and O–H groups in total. The average Bonchev–Trinajstić information content (AvgIpc) is 2.15. The lowest BCUT2D eigenvalue weighted by Crippen LogP contribution is -2.21. The molecule has 0 bridgehead atoms. The molecule has 0 heterocycles. The van der Waals surface area contributed by atoms with E-state index in [2.05, 4.69) is 56.3 Å². The van der Waals surface area contributed by atoms with E-state index in [0.29, 0.717) is 5.37 Å². The first kappa shape index (κ1) is 10.6. The molecule has 0 aliphatic heterocycles. The van der Waals surface area contributed by atoms with Gasteiger partial charge in [-0.15, -0.1) is 11.8 Å². The summed E-state index contributed by atoms with van der Waals surface area (Å²) in [5.41, 5.74) is 1.40. The number of benzene rings is 1.